The molecule has 1 aromatic rings. The first-order chi connectivity index (χ1) is 10.1. The predicted octanol–water partition coefficient (Wildman–Crippen LogP) is 2.92. The number of carbonyl (C=O) groups excluding carboxylic acids is 1. The van der Waals surface area contributed by atoms with Crippen molar-refractivity contribution in [2.24, 2.45) is 0 Å². The number of aryl methyl sites for hydroxylation is 1. The molecule has 0 aromatic heterocycles. The van der Waals surface area contributed by atoms with Crippen LogP contribution in [-0.2, 0) is 4.79 Å². The second-order valence-electron chi connectivity index (χ2n) is 6.13. The molecule has 21 heavy (non-hydrogen) atoms. The van der Waals surface area contributed by atoms with Gasteiger partial charge in [0.05, 0.1) is 0 Å². The standard InChI is InChI=1S/C17H27N3O/c1-13-7-8-15(12-16(13)20(2)3)19-17(21)10-9-14-6-4-5-11-18-14/h7-8,12,14,18H,4-6,9-11H2,1-3H3,(H,19,21). The van der Waals surface area contributed by atoms with Crippen LogP contribution in [0.25, 0.3) is 0 Å². The summed E-state index contributed by atoms with van der Waals surface area (Å²) in [6, 6.07) is 6.57. The van der Waals surface area contributed by atoms with Crippen molar-refractivity contribution in [1.29, 1.82) is 0 Å². The zero-order chi connectivity index (χ0) is 15.2. The number of anilines is 2. The third-order valence-electron chi connectivity index (χ3n) is 4.11. The van der Waals surface area contributed by atoms with Crippen LogP contribution in [0, 0.1) is 6.92 Å². The van der Waals surface area contributed by atoms with Crippen LogP contribution in [-0.4, -0.2) is 32.6 Å². The normalized spacial score (nSPS) is 18.3. The first kappa shape index (κ1) is 15.8. The minimum atomic E-state index is 0.107. The molecule has 2 N–H and O–H groups in total. The van der Waals surface area contributed by atoms with E-state index in [4.69, 9.17) is 0 Å². The number of amides is 1. The third-order valence-corrected chi connectivity index (χ3v) is 4.11. The van der Waals surface area contributed by atoms with Crippen molar-refractivity contribution < 1.29 is 4.79 Å². The minimum absolute atomic E-state index is 0.107. The van der Waals surface area contributed by atoms with E-state index in [0.717, 1.165) is 24.3 Å². The largest absolute Gasteiger partial charge is 0.377 e. The maximum absolute atomic E-state index is 12.1. The van der Waals surface area contributed by atoms with Gasteiger partial charge in [0.25, 0.3) is 0 Å². The van der Waals surface area contributed by atoms with E-state index in [1.807, 2.05) is 32.3 Å². The Morgan fingerprint density at radius 3 is 2.86 bits per heavy atom. The Balaban J connectivity index is 1.85. The summed E-state index contributed by atoms with van der Waals surface area (Å²) in [5.41, 5.74) is 3.23. The molecule has 1 aromatic carbocycles. The number of hydrogen-bond donors (Lipinski definition) is 2. The van der Waals surface area contributed by atoms with Crippen LogP contribution >= 0.6 is 0 Å². The average Bonchev–Trinajstić information content (AvgIpc) is 2.48. The molecule has 1 saturated heterocycles. The summed E-state index contributed by atoms with van der Waals surface area (Å²) >= 11 is 0. The number of hydrogen-bond acceptors (Lipinski definition) is 3. The highest BCUT2D eigenvalue weighted by molar-refractivity contribution is 5.91. The fraction of sp³-hybridized carbons (Fsp3) is 0.588. The molecule has 4 heteroatoms. The number of rotatable bonds is 5. The Morgan fingerprint density at radius 1 is 1.38 bits per heavy atom. The van der Waals surface area contributed by atoms with Gasteiger partial charge in [-0.05, 0) is 50.4 Å². The molecule has 1 fully saturated rings. The average molecular weight is 289 g/mol. The van der Waals surface area contributed by atoms with E-state index < -0.39 is 0 Å². The van der Waals surface area contributed by atoms with E-state index in [0.29, 0.717) is 12.5 Å². The minimum Gasteiger partial charge on any atom is -0.377 e. The van der Waals surface area contributed by atoms with Crippen molar-refractivity contribution in [1.82, 2.24) is 5.32 Å². The van der Waals surface area contributed by atoms with Gasteiger partial charge < -0.3 is 15.5 Å². The molecule has 0 radical (unpaired) electrons. The van der Waals surface area contributed by atoms with Crippen molar-refractivity contribution in [3.63, 3.8) is 0 Å². The quantitative estimate of drug-likeness (QED) is 0.876. The van der Waals surface area contributed by atoms with Gasteiger partial charge in [0.1, 0.15) is 0 Å². The molecule has 1 aliphatic heterocycles. The molecule has 2 rings (SSSR count). The highest BCUT2D eigenvalue weighted by atomic mass is 16.1. The monoisotopic (exact) mass is 289 g/mol. The van der Waals surface area contributed by atoms with Crippen molar-refractivity contribution >= 4 is 17.3 Å². The molecule has 0 aliphatic carbocycles. The van der Waals surface area contributed by atoms with Crippen LogP contribution in [0.5, 0.6) is 0 Å². The Bertz CT molecular complexity index is 479. The molecular weight excluding hydrogens is 262 g/mol. The van der Waals surface area contributed by atoms with Crippen LogP contribution in [0.1, 0.15) is 37.7 Å². The van der Waals surface area contributed by atoms with Gasteiger partial charge in [-0.15, -0.1) is 0 Å². The summed E-state index contributed by atoms with van der Waals surface area (Å²) in [5.74, 6) is 0.107. The molecule has 1 amide bonds. The number of nitrogens with one attached hydrogen (secondary N) is 2. The van der Waals surface area contributed by atoms with Gasteiger partial charge in [0.15, 0.2) is 0 Å². The third kappa shape index (κ3) is 4.74. The fourth-order valence-electron chi connectivity index (χ4n) is 2.87. The fourth-order valence-corrected chi connectivity index (χ4v) is 2.87. The van der Waals surface area contributed by atoms with E-state index in [2.05, 4.69) is 22.5 Å². The van der Waals surface area contributed by atoms with Gasteiger partial charge in [0, 0.05) is 37.9 Å². The maximum Gasteiger partial charge on any atom is 0.224 e. The van der Waals surface area contributed by atoms with E-state index in [9.17, 15) is 4.79 Å². The van der Waals surface area contributed by atoms with Gasteiger partial charge in [-0.2, -0.15) is 0 Å². The molecule has 0 saturated carbocycles. The molecule has 0 bridgehead atoms. The van der Waals surface area contributed by atoms with Gasteiger partial charge in [-0.25, -0.2) is 0 Å². The molecule has 1 unspecified atom stereocenters. The molecule has 4 nitrogen and oxygen atoms in total. The lowest BCUT2D eigenvalue weighted by Crippen LogP contribution is -2.34. The Labute approximate surface area is 127 Å². The van der Waals surface area contributed by atoms with Gasteiger partial charge >= 0.3 is 0 Å². The number of nitrogens with zero attached hydrogens (tertiary/aromatic N) is 1. The van der Waals surface area contributed by atoms with E-state index in [-0.39, 0.29) is 5.91 Å². The van der Waals surface area contributed by atoms with Crippen molar-refractivity contribution in [3.05, 3.63) is 23.8 Å². The summed E-state index contributed by atoms with van der Waals surface area (Å²) in [5, 5.41) is 6.49. The van der Waals surface area contributed by atoms with Crippen LogP contribution in [0.2, 0.25) is 0 Å². The van der Waals surface area contributed by atoms with Crippen LogP contribution in [0.15, 0.2) is 18.2 Å². The number of piperidine rings is 1. The van der Waals surface area contributed by atoms with E-state index >= 15 is 0 Å². The molecule has 1 aliphatic rings. The van der Waals surface area contributed by atoms with Crippen LogP contribution < -0.4 is 15.5 Å². The molecule has 1 atom stereocenters. The van der Waals surface area contributed by atoms with E-state index in [1.165, 1.54) is 24.8 Å². The first-order valence-electron chi connectivity index (χ1n) is 7.87. The van der Waals surface area contributed by atoms with Crippen molar-refractivity contribution in [2.75, 3.05) is 30.9 Å². The lowest BCUT2D eigenvalue weighted by molar-refractivity contribution is -0.116. The van der Waals surface area contributed by atoms with Gasteiger partial charge in [-0.1, -0.05) is 12.5 Å². The molecule has 116 valence electrons. The van der Waals surface area contributed by atoms with Gasteiger partial charge in [-0.3, -0.25) is 4.79 Å². The Kier molecular flexibility index (Phi) is 5.62. The molecule has 1 heterocycles. The Hall–Kier alpha value is -1.55. The Morgan fingerprint density at radius 2 is 2.19 bits per heavy atom. The van der Waals surface area contributed by atoms with Gasteiger partial charge in [0.2, 0.25) is 5.91 Å². The van der Waals surface area contributed by atoms with Crippen LogP contribution in [0.3, 0.4) is 0 Å². The topological polar surface area (TPSA) is 44.4 Å². The highest BCUT2D eigenvalue weighted by Crippen LogP contribution is 2.22. The molecular formula is C17H27N3O. The lowest BCUT2D eigenvalue weighted by Gasteiger charge is -2.23. The maximum atomic E-state index is 12.1. The van der Waals surface area contributed by atoms with Crippen molar-refractivity contribution in [3.8, 4) is 0 Å². The summed E-state index contributed by atoms with van der Waals surface area (Å²) in [6.07, 6.45) is 5.26. The summed E-state index contributed by atoms with van der Waals surface area (Å²) in [6.45, 7) is 3.17. The highest BCUT2D eigenvalue weighted by Gasteiger charge is 2.14. The summed E-state index contributed by atoms with van der Waals surface area (Å²) < 4.78 is 0. The summed E-state index contributed by atoms with van der Waals surface area (Å²) in [7, 11) is 4.03. The smallest absolute Gasteiger partial charge is 0.224 e. The number of benzene rings is 1. The lowest BCUT2D eigenvalue weighted by atomic mass is 10.0. The molecule has 0 spiro atoms. The second-order valence-corrected chi connectivity index (χ2v) is 6.13. The van der Waals surface area contributed by atoms with E-state index in [1.54, 1.807) is 0 Å². The zero-order valence-corrected chi connectivity index (χ0v) is 13.4. The first-order valence-corrected chi connectivity index (χ1v) is 7.87. The number of carbonyl (C=O) groups is 1. The summed E-state index contributed by atoms with van der Waals surface area (Å²) in [4.78, 5) is 14.1. The second kappa shape index (κ2) is 7.46. The SMILES string of the molecule is Cc1ccc(NC(=O)CCC2CCCCN2)cc1N(C)C. The van der Waals surface area contributed by atoms with Crippen LogP contribution in [0.4, 0.5) is 11.4 Å². The predicted molar refractivity (Wildman–Crippen MR) is 89.0 cm³/mol. The van der Waals surface area contributed by atoms with Crippen molar-refractivity contribution in [2.45, 2.75) is 45.1 Å². The zero-order valence-electron chi connectivity index (χ0n) is 13.4.